The summed E-state index contributed by atoms with van der Waals surface area (Å²) in [6.07, 6.45) is 2.07. The van der Waals surface area contributed by atoms with Gasteiger partial charge < -0.3 is 18.9 Å². The molecule has 130 valence electrons. The first-order valence-electron chi connectivity index (χ1n) is 7.90. The van der Waals surface area contributed by atoms with Crippen LogP contribution in [0.4, 0.5) is 4.39 Å². The third-order valence-electron chi connectivity index (χ3n) is 3.27. The number of ether oxygens (including phenoxy) is 4. The second-order valence-corrected chi connectivity index (χ2v) is 5.29. The number of hydrogen-bond acceptors (Lipinski definition) is 5. The Hall–Kier alpha value is -2.10. The van der Waals surface area contributed by atoms with Gasteiger partial charge in [0.15, 0.2) is 12.4 Å². The van der Waals surface area contributed by atoms with Gasteiger partial charge in [-0.05, 0) is 43.5 Å². The lowest BCUT2D eigenvalue weighted by molar-refractivity contribution is -0.154. The van der Waals surface area contributed by atoms with E-state index in [0.717, 1.165) is 19.3 Å². The molecule has 1 aromatic rings. The topological polar surface area (TPSA) is 54.0 Å². The van der Waals surface area contributed by atoms with Gasteiger partial charge >= 0.3 is 5.97 Å². The Balaban J connectivity index is 1.80. The summed E-state index contributed by atoms with van der Waals surface area (Å²) in [6.45, 7) is 2.26. The van der Waals surface area contributed by atoms with Gasteiger partial charge in [-0.3, -0.25) is 4.79 Å². The molecule has 1 aliphatic rings. The first kappa shape index (κ1) is 18.2. The van der Waals surface area contributed by atoms with E-state index in [-0.39, 0.29) is 25.3 Å². The third-order valence-corrected chi connectivity index (χ3v) is 3.27. The smallest absolute Gasteiger partial charge is 0.303 e. The SMILES string of the molecule is CC(=O)O[C@H](C#CCO[C@@H]1CCCCO1)COc1ccc(F)cc1. The van der Waals surface area contributed by atoms with Crippen LogP contribution in [0.1, 0.15) is 26.2 Å². The van der Waals surface area contributed by atoms with Crippen molar-refractivity contribution in [3.05, 3.63) is 30.1 Å². The summed E-state index contributed by atoms with van der Waals surface area (Å²) in [7, 11) is 0. The lowest BCUT2D eigenvalue weighted by Gasteiger charge is -2.21. The second-order valence-electron chi connectivity index (χ2n) is 5.29. The molecule has 24 heavy (non-hydrogen) atoms. The summed E-state index contributed by atoms with van der Waals surface area (Å²) in [5.41, 5.74) is 0. The fourth-order valence-corrected chi connectivity index (χ4v) is 2.14. The van der Waals surface area contributed by atoms with E-state index in [2.05, 4.69) is 11.8 Å². The van der Waals surface area contributed by atoms with Gasteiger partial charge in [0, 0.05) is 13.5 Å². The van der Waals surface area contributed by atoms with Crippen LogP contribution in [0, 0.1) is 17.7 Å². The van der Waals surface area contributed by atoms with Crippen LogP contribution in [-0.4, -0.2) is 38.2 Å². The normalized spacial score (nSPS) is 18.2. The largest absolute Gasteiger partial charge is 0.489 e. The molecule has 1 aliphatic heterocycles. The zero-order valence-electron chi connectivity index (χ0n) is 13.6. The predicted molar refractivity (Wildman–Crippen MR) is 84.8 cm³/mol. The molecule has 0 N–H and O–H groups in total. The number of hydrogen-bond donors (Lipinski definition) is 0. The van der Waals surface area contributed by atoms with Crippen molar-refractivity contribution in [2.75, 3.05) is 19.8 Å². The number of esters is 1. The fourth-order valence-electron chi connectivity index (χ4n) is 2.14. The molecule has 0 saturated carbocycles. The average molecular weight is 336 g/mol. The van der Waals surface area contributed by atoms with Crippen LogP contribution in [0.3, 0.4) is 0 Å². The van der Waals surface area contributed by atoms with Crippen molar-refractivity contribution in [3.8, 4) is 17.6 Å². The average Bonchev–Trinajstić information content (AvgIpc) is 2.58. The van der Waals surface area contributed by atoms with Crippen molar-refractivity contribution in [2.45, 2.75) is 38.6 Å². The van der Waals surface area contributed by atoms with Gasteiger partial charge in [0.05, 0.1) is 0 Å². The minimum atomic E-state index is -0.719. The molecule has 5 nitrogen and oxygen atoms in total. The highest BCUT2D eigenvalue weighted by atomic mass is 19.1. The number of rotatable bonds is 6. The highest BCUT2D eigenvalue weighted by Crippen LogP contribution is 2.13. The Bertz CT molecular complexity index is 569. The monoisotopic (exact) mass is 336 g/mol. The molecule has 2 rings (SSSR count). The van der Waals surface area contributed by atoms with E-state index in [4.69, 9.17) is 18.9 Å². The molecular formula is C18H21FO5. The van der Waals surface area contributed by atoms with Crippen LogP contribution < -0.4 is 4.74 Å². The van der Waals surface area contributed by atoms with Gasteiger partial charge in [0.2, 0.25) is 0 Å². The fraction of sp³-hybridized carbons (Fsp3) is 0.500. The highest BCUT2D eigenvalue weighted by molar-refractivity contribution is 5.66. The lowest BCUT2D eigenvalue weighted by atomic mass is 10.2. The molecule has 1 fully saturated rings. The highest BCUT2D eigenvalue weighted by Gasteiger charge is 2.13. The van der Waals surface area contributed by atoms with Crippen LogP contribution in [0.25, 0.3) is 0 Å². The van der Waals surface area contributed by atoms with Crippen molar-refractivity contribution < 1.29 is 28.1 Å². The molecule has 1 saturated heterocycles. The number of carbonyl (C=O) groups excluding carboxylic acids is 1. The summed E-state index contributed by atoms with van der Waals surface area (Å²) in [5.74, 6) is 5.29. The molecule has 1 aromatic carbocycles. The zero-order chi connectivity index (χ0) is 17.2. The van der Waals surface area contributed by atoms with E-state index >= 15 is 0 Å². The summed E-state index contributed by atoms with van der Waals surface area (Å²) in [6, 6.07) is 5.58. The molecule has 0 spiro atoms. The van der Waals surface area contributed by atoms with Crippen molar-refractivity contribution in [3.63, 3.8) is 0 Å². The molecule has 2 atom stereocenters. The van der Waals surface area contributed by atoms with Crippen LogP contribution >= 0.6 is 0 Å². The van der Waals surface area contributed by atoms with E-state index in [9.17, 15) is 9.18 Å². The van der Waals surface area contributed by atoms with Gasteiger partial charge in [-0.25, -0.2) is 4.39 Å². The molecule has 0 bridgehead atoms. The van der Waals surface area contributed by atoms with E-state index in [1.807, 2.05) is 0 Å². The Morgan fingerprint density at radius 1 is 1.38 bits per heavy atom. The van der Waals surface area contributed by atoms with Gasteiger partial charge in [-0.1, -0.05) is 11.8 Å². The van der Waals surface area contributed by atoms with E-state index in [1.165, 1.54) is 31.2 Å². The molecular weight excluding hydrogens is 315 g/mol. The molecule has 0 amide bonds. The minimum Gasteiger partial charge on any atom is -0.489 e. The van der Waals surface area contributed by atoms with Gasteiger partial charge in [0.1, 0.15) is 24.8 Å². The van der Waals surface area contributed by atoms with Crippen LogP contribution in [-0.2, 0) is 19.0 Å². The van der Waals surface area contributed by atoms with E-state index in [1.54, 1.807) is 0 Å². The van der Waals surface area contributed by atoms with Crippen molar-refractivity contribution in [1.82, 2.24) is 0 Å². The maximum atomic E-state index is 12.8. The number of carbonyl (C=O) groups is 1. The van der Waals surface area contributed by atoms with E-state index in [0.29, 0.717) is 12.4 Å². The quantitative estimate of drug-likeness (QED) is 0.590. The molecule has 1 heterocycles. The second kappa shape index (κ2) is 9.91. The first-order valence-corrected chi connectivity index (χ1v) is 7.90. The molecule has 0 aromatic heterocycles. The molecule has 0 unspecified atom stereocenters. The number of benzene rings is 1. The van der Waals surface area contributed by atoms with Crippen molar-refractivity contribution in [1.29, 1.82) is 0 Å². The van der Waals surface area contributed by atoms with Crippen molar-refractivity contribution >= 4 is 5.97 Å². The summed E-state index contributed by atoms with van der Waals surface area (Å²) in [5, 5.41) is 0. The Morgan fingerprint density at radius 2 is 2.17 bits per heavy atom. The maximum Gasteiger partial charge on any atom is 0.303 e. The zero-order valence-corrected chi connectivity index (χ0v) is 13.6. The van der Waals surface area contributed by atoms with Crippen LogP contribution in [0.5, 0.6) is 5.75 Å². The Kier molecular flexibility index (Phi) is 7.53. The van der Waals surface area contributed by atoms with Crippen LogP contribution in [0.15, 0.2) is 24.3 Å². The van der Waals surface area contributed by atoms with E-state index < -0.39 is 12.1 Å². The van der Waals surface area contributed by atoms with Gasteiger partial charge in [-0.15, -0.1) is 0 Å². The van der Waals surface area contributed by atoms with Gasteiger partial charge in [0.25, 0.3) is 0 Å². The summed E-state index contributed by atoms with van der Waals surface area (Å²) >= 11 is 0. The van der Waals surface area contributed by atoms with Crippen LogP contribution in [0.2, 0.25) is 0 Å². The summed E-state index contributed by atoms with van der Waals surface area (Å²) in [4.78, 5) is 11.1. The minimum absolute atomic E-state index is 0.0537. The molecule has 0 radical (unpaired) electrons. The van der Waals surface area contributed by atoms with Gasteiger partial charge in [-0.2, -0.15) is 0 Å². The molecule has 6 heteroatoms. The summed E-state index contributed by atoms with van der Waals surface area (Å²) < 4.78 is 34.3. The lowest BCUT2D eigenvalue weighted by Crippen LogP contribution is -2.23. The molecule has 0 aliphatic carbocycles. The van der Waals surface area contributed by atoms with Crippen molar-refractivity contribution in [2.24, 2.45) is 0 Å². The number of halogens is 1. The standard InChI is InChI=1S/C18H21FO5/c1-14(20)24-17(13-23-16-9-7-15(19)8-10-16)5-4-12-22-18-6-2-3-11-21-18/h7-10,17-18H,2-3,6,11-13H2,1H3/t17-,18-/m1/s1. The Labute approximate surface area is 141 Å². The maximum absolute atomic E-state index is 12.8. The Morgan fingerprint density at radius 3 is 2.83 bits per heavy atom. The first-order chi connectivity index (χ1) is 11.6. The predicted octanol–water partition coefficient (Wildman–Crippen LogP) is 2.68. The third kappa shape index (κ3) is 6.99.